The van der Waals surface area contributed by atoms with Crippen LogP contribution in [0.5, 0.6) is 0 Å². The Hall–Kier alpha value is -0.0800. The lowest BCUT2D eigenvalue weighted by Crippen LogP contribution is -2.44. The van der Waals surface area contributed by atoms with Gasteiger partial charge in [-0.25, -0.2) is 0 Å². The number of rotatable bonds is 1. The Morgan fingerprint density at radius 1 is 0.571 bits per heavy atom. The van der Waals surface area contributed by atoms with Crippen LogP contribution in [0.2, 0.25) is 0 Å². The summed E-state index contributed by atoms with van der Waals surface area (Å²) in [6.07, 6.45) is 20.6. The second-order valence-corrected chi connectivity index (χ2v) is 13.4. The first-order chi connectivity index (χ1) is 16.8. The van der Waals surface area contributed by atoms with E-state index in [1.807, 2.05) is 27.7 Å². The molecular formula is C33H64O2. The van der Waals surface area contributed by atoms with Crippen LogP contribution in [0.4, 0.5) is 0 Å². The first-order valence-electron chi connectivity index (χ1n) is 16.0. The van der Waals surface area contributed by atoms with Crippen molar-refractivity contribution in [3.05, 3.63) is 0 Å². The summed E-state index contributed by atoms with van der Waals surface area (Å²) in [4.78, 5) is 0. The van der Waals surface area contributed by atoms with Crippen LogP contribution in [0, 0.1) is 39.9 Å². The highest BCUT2D eigenvalue weighted by atomic mass is 16.5. The minimum Gasteiger partial charge on any atom is -0.381 e. The van der Waals surface area contributed by atoms with Crippen molar-refractivity contribution in [3.63, 3.8) is 0 Å². The first-order valence-corrected chi connectivity index (χ1v) is 16.0. The van der Waals surface area contributed by atoms with E-state index in [0.717, 1.165) is 55.5 Å². The first kappa shape index (κ1) is 31.1. The van der Waals surface area contributed by atoms with Gasteiger partial charge in [-0.2, -0.15) is 0 Å². The predicted molar refractivity (Wildman–Crippen MR) is 153 cm³/mol. The van der Waals surface area contributed by atoms with E-state index in [0.29, 0.717) is 10.8 Å². The van der Waals surface area contributed by atoms with Crippen LogP contribution in [0.1, 0.15) is 145 Å². The van der Waals surface area contributed by atoms with Crippen molar-refractivity contribution >= 4 is 0 Å². The molecule has 4 saturated carbocycles. The summed E-state index contributed by atoms with van der Waals surface area (Å²) in [5, 5.41) is 0. The second kappa shape index (κ2) is 14.8. The van der Waals surface area contributed by atoms with Gasteiger partial charge in [0.2, 0.25) is 0 Å². The Morgan fingerprint density at radius 3 is 1.46 bits per heavy atom. The van der Waals surface area contributed by atoms with Gasteiger partial charge >= 0.3 is 0 Å². The third kappa shape index (κ3) is 8.73. The lowest BCUT2D eigenvalue weighted by Gasteiger charge is -2.45. The molecule has 0 amide bonds. The van der Waals surface area contributed by atoms with Gasteiger partial charge in [-0.15, -0.1) is 0 Å². The number of hydrogen-bond acceptors (Lipinski definition) is 2. The van der Waals surface area contributed by atoms with Crippen molar-refractivity contribution in [2.45, 2.75) is 145 Å². The van der Waals surface area contributed by atoms with Gasteiger partial charge in [-0.1, -0.05) is 81.1 Å². The molecule has 4 aliphatic carbocycles. The van der Waals surface area contributed by atoms with Crippen LogP contribution in [-0.2, 0) is 9.47 Å². The molecule has 3 unspecified atom stereocenters. The van der Waals surface area contributed by atoms with Gasteiger partial charge in [0.1, 0.15) is 0 Å². The maximum Gasteiger partial charge on any atom is 0.0544 e. The Kier molecular flexibility index (Phi) is 13.1. The fourth-order valence-electron chi connectivity index (χ4n) is 7.51. The van der Waals surface area contributed by atoms with E-state index in [2.05, 4.69) is 27.7 Å². The van der Waals surface area contributed by atoms with Crippen molar-refractivity contribution in [2.75, 3.05) is 26.4 Å². The molecule has 0 aromatic carbocycles. The van der Waals surface area contributed by atoms with E-state index in [9.17, 15) is 0 Å². The quantitative estimate of drug-likeness (QED) is 0.362. The summed E-state index contributed by atoms with van der Waals surface area (Å²) < 4.78 is 10.7. The van der Waals surface area contributed by atoms with E-state index < -0.39 is 0 Å². The SMILES string of the molecule is CC.CC.CC(C)C1CCC2(CCC2)C1.CC1CCC2(CC1)COC2.CC1CCC2(CCOC2)C1. The molecule has 0 N–H and O–H groups in total. The molecule has 0 aromatic rings. The summed E-state index contributed by atoms with van der Waals surface area (Å²) in [6.45, 7) is 21.7. The van der Waals surface area contributed by atoms with Gasteiger partial charge < -0.3 is 9.47 Å². The zero-order chi connectivity index (χ0) is 26.0. The molecule has 6 rings (SSSR count). The van der Waals surface area contributed by atoms with Crippen molar-refractivity contribution in [1.82, 2.24) is 0 Å². The van der Waals surface area contributed by atoms with Crippen LogP contribution in [0.25, 0.3) is 0 Å². The highest BCUT2D eigenvalue weighted by Crippen LogP contribution is 2.56. The van der Waals surface area contributed by atoms with Gasteiger partial charge in [0.05, 0.1) is 19.8 Å². The fraction of sp³-hybridized carbons (Fsp3) is 1.00. The minimum atomic E-state index is 0.638. The van der Waals surface area contributed by atoms with E-state index in [1.54, 1.807) is 25.7 Å². The Balaban J connectivity index is 0.000000173. The van der Waals surface area contributed by atoms with Crippen LogP contribution in [-0.4, -0.2) is 26.4 Å². The third-order valence-electron chi connectivity index (χ3n) is 10.4. The second-order valence-electron chi connectivity index (χ2n) is 13.4. The molecule has 2 heteroatoms. The number of hydrogen-bond donors (Lipinski definition) is 0. The largest absolute Gasteiger partial charge is 0.381 e. The predicted octanol–water partition coefficient (Wildman–Crippen LogP) is 10.1. The highest BCUT2D eigenvalue weighted by molar-refractivity contribution is 4.95. The summed E-state index contributed by atoms with van der Waals surface area (Å²) >= 11 is 0. The lowest BCUT2D eigenvalue weighted by molar-refractivity contribution is -0.135. The Bertz CT molecular complexity index is 543. The third-order valence-corrected chi connectivity index (χ3v) is 10.4. The van der Waals surface area contributed by atoms with Crippen LogP contribution in [0.3, 0.4) is 0 Å². The molecule has 2 saturated heterocycles. The van der Waals surface area contributed by atoms with Crippen LogP contribution < -0.4 is 0 Å². The van der Waals surface area contributed by atoms with Crippen LogP contribution >= 0.6 is 0 Å². The molecule has 6 aliphatic rings. The van der Waals surface area contributed by atoms with Crippen LogP contribution in [0.15, 0.2) is 0 Å². The maximum atomic E-state index is 5.43. The number of ether oxygens (including phenoxy) is 2. The minimum absolute atomic E-state index is 0.638. The fourth-order valence-corrected chi connectivity index (χ4v) is 7.51. The van der Waals surface area contributed by atoms with E-state index >= 15 is 0 Å². The van der Waals surface area contributed by atoms with E-state index in [4.69, 9.17) is 9.47 Å². The van der Waals surface area contributed by atoms with Gasteiger partial charge in [0, 0.05) is 12.0 Å². The molecule has 0 radical (unpaired) electrons. The zero-order valence-electron chi connectivity index (χ0n) is 25.4. The molecule has 3 spiro atoms. The monoisotopic (exact) mass is 492 g/mol. The maximum absolute atomic E-state index is 5.43. The molecular weight excluding hydrogens is 428 g/mol. The zero-order valence-corrected chi connectivity index (χ0v) is 25.4. The summed E-state index contributed by atoms with van der Waals surface area (Å²) in [5.74, 6) is 3.94. The topological polar surface area (TPSA) is 18.5 Å². The molecule has 208 valence electrons. The summed E-state index contributed by atoms with van der Waals surface area (Å²) in [6, 6.07) is 0. The van der Waals surface area contributed by atoms with Gasteiger partial charge in [-0.05, 0) is 98.7 Å². The average molecular weight is 493 g/mol. The molecule has 2 aliphatic heterocycles. The molecule has 0 aromatic heterocycles. The molecule has 6 fully saturated rings. The van der Waals surface area contributed by atoms with Crippen molar-refractivity contribution in [2.24, 2.45) is 39.9 Å². The summed E-state index contributed by atoms with van der Waals surface area (Å²) in [5.41, 5.74) is 2.17. The van der Waals surface area contributed by atoms with Gasteiger partial charge in [-0.3, -0.25) is 0 Å². The molecule has 2 nitrogen and oxygen atoms in total. The van der Waals surface area contributed by atoms with Crippen molar-refractivity contribution in [1.29, 1.82) is 0 Å². The van der Waals surface area contributed by atoms with Crippen molar-refractivity contribution in [3.8, 4) is 0 Å². The summed E-state index contributed by atoms with van der Waals surface area (Å²) in [7, 11) is 0. The Labute approximate surface area is 221 Å². The molecule has 3 atom stereocenters. The normalized spacial score (nSPS) is 33.9. The van der Waals surface area contributed by atoms with Gasteiger partial charge in [0.15, 0.2) is 0 Å². The highest BCUT2D eigenvalue weighted by Gasteiger charge is 2.44. The smallest absolute Gasteiger partial charge is 0.0544 e. The van der Waals surface area contributed by atoms with Gasteiger partial charge in [0.25, 0.3) is 0 Å². The van der Waals surface area contributed by atoms with E-state index in [1.165, 1.54) is 64.2 Å². The molecule has 2 heterocycles. The molecule has 35 heavy (non-hydrogen) atoms. The average Bonchev–Trinajstić information content (AvgIpc) is 3.57. The Morgan fingerprint density at radius 2 is 1.11 bits per heavy atom. The lowest BCUT2D eigenvalue weighted by atomic mass is 9.67. The van der Waals surface area contributed by atoms with E-state index in [-0.39, 0.29) is 0 Å². The molecule has 0 bridgehead atoms. The van der Waals surface area contributed by atoms with Crippen molar-refractivity contribution < 1.29 is 9.47 Å². The standard InChI is InChI=1S/C11H20.2C9H16O.2C2H6/c1-9(2)10-4-7-11(8-10)5-3-6-11;1-8-2-4-9(5-3-8)6-10-7-9;1-8-2-3-9(6-8)4-5-10-7-9;2*1-2/h9-10H,3-8H2,1-2H3;2*8H,2-7H2,1H3;2*1-2H3.